The Bertz CT molecular complexity index is 233. The van der Waals surface area contributed by atoms with Gasteiger partial charge in [-0.2, -0.15) is 0 Å². The summed E-state index contributed by atoms with van der Waals surface area (Å²) in [6, 6.07) is 0.220. The Morgan fingerprint density at radius 2 is 1.88 bits per heavy atom. The van der Waals surface area contributed by atoms with Crippen molar-refractivity contribution in [3.8, 4) is 0 Å². The van der Waals surface area contributed by atoms with Crippen LogP contribution >= 0.6 is 0 Å². The summed E-state index contributed by atoms with van der Waals surface area (Å²) >= 11 is 0. The summed E-state index contributed by atoms with van der Waals surface area (Å²) in [4.78, 5) is 14.0. The predicted octanol–water partition coefficient (Wildman–Crippen LogP) is 3.08. The van der Waals surface area contributed by atoms with Crippen molar-refractivity contribution >= 4 is 5.97 Å². The van der Waals surface area contributed by atoms with E-state index in [0.29, 0.717) is 6.04 Å². The topological polar surface area (TPSA) is 29.5 Å². The smallest absolute Gasteiger partial charge is 0.323 e. The molecule has 0 aliphatic carbocycles. The van der Waals surface area contributed by atoms with E-state index in [0.717, 1.165) is 19.3 Å². The van der Waals surface area contributed by atoms with Crippen molar-refractivity contribution in [3.05, 3.63) is 0 Å². The first kappa shape index (κ1) is 16.4. The molecule has 0 aliphatic heterocycles. The van der Waals surface area contributed by atoms with Gasteiger partial charge in [-0.05, 0) is 25.8 Å². The van der Waals surface area contributed by atoms with Crippen LogP contribution in [0.5, 0.6) is 0 Å². The Morgan fingerprint density at radius 1 is 1.35 bits per heavy atom. The maximum atomic E-state index is 11.8. The molecule has 3 heteroatoms. The van der Waals surface area contributed by atoms with Gasteiger partial charge < -0.3 is 4.74 Å². The van der Waals surface area contributed by atoms with E-state index in [2.05, 4.69) is 39.5 Å². The van der Waals surface area contributed by atoms with Gasteiger partial charge in [0.25, 0.3) is 0 Å². The summed E-state index contributed by atoms with van der Waals surface area (Å²) in [5, 5.41) is 0. The third-order valence-electron chi connectivity index (χ3n) is 3.66. The molecule has 0 saturated heterocycles. The first-order chi connectivity index (χ1) is 7.75. The fourth-order valence-electron chi connectivity index (χ4n) is 1.90. The SMILES string of the molecule is CCCCC(C(=O)OC)N(C)C(C)C(C)(C)C. The van der Waals surface area contributed by atoms with Gasteiger partial charge in [0.15, 0.2) is 0 Å². The summed E-state index contributed by atoms with van der Waals surface area (Å²) in [6.45, 7) is 10.9. The molecule has 0 aromatic carbocycles. The highest BCUT2D eigenvalue weighted by Gasteiger charge is 2.32. The molecule has 0 spiro atoms. The lowest BCUT2D eigenvalue weighted by molar-refractivity contribution is -0.148. The van der Waals surface area contributed by atoms with Crippen molar-refractivity contribution < 1.29 is 9.53 Å². The van der Waals surface area contributed by atoms with E-state index in [-0.39, 0.29) is 17.4 Å². The van der Waals surface area contributed by atoms with Gasteiger partial charge in [0, 0.05) is 6.04 Å². The Morgan fingerprint density at radius 3 is 2.24 bits per heavy atom. The van der Waals surface area contributed by atoms with E-state index in [9.17, 15) is 4.79 Å². The molecule has 0 aliphatic rings. The van der Waals surface area contributed by atoms with Crippen molar-refractivity contribution in [2.45, 2.75) is 66.0 Å². The molecule has 0 aromatic heterocycles. The van der Waals surface area contributed by atoms with Gasteiger partial charge in [-0.25, -0.2) is 0 Å². The van der Waals surface area contributed by atoms with Crippen molar-refractivity contribution in [2.24, 2.45) is 5.41 Å². The van der Waals surface area contributed by atoms with Gasteiger partial charge in [-0.1, -0.05) is 40.5 Å². The highest BCUT2D eigenvalue weighted by molar-refractivity contribution is 5.75. The van der Waals surface area contributed by atoms with Gasteiger partial charge in [-0.15, -0.1) is 0 Å². The Hall–Kier alpha value is -0.570. The van der Waals surface area contributed by atoms with Gasteiger partial charge in [0.2, 0.25) is 0 Å². The highest BCUT2D eigenvalue weighted by atomic mass is 16.5. The summed E-state index contributed by atoms with van der Waals surface area (Å²) in [6.07, 6.45) is 3.03. The number of carbonyl (C=O) groups excluding carboxylic acids is 1. The molecule has 2 atom stereocenters. The predicted molar refractivity (Wildman–Crippen MR) is 72.0 cm³/mol. The zero-order valence-electron chi connectivity index (χ0n) is 12.5. The average Bonchev–Trinajstić information content (AvgIpc) is 2.26. The highest BCUT2D eigenvalue weighted by Crippen LogP contribution is 2.26. The van der Waals surface area contributed by atoms with Crippen LogP contribution in [0, 0.1) is 5.41 Å². The molecule has 0 radical (unpaired) electrons. The van der Waals surface area contributed by atoms with Crippen LogP contribution in [-0.4, -0.2) is 37.1 Å². The second-order valence-electron chi connectivity index (χ2n) is 5.89. The van der Waals surface area contributed by atoms with Gasteiger partial charge >= 0.3 is 5.97 Å². The second kappa shape index (κ2) is 7.00. The van der Waals surface area contributed by atoms with Gasteiger partial charge in [-0.3, -0.25) is 9.69 Å². The van der Waals surface area contributed by atoms with E-state index in [1.54, 1.807) is 0 Å². The Labute approximate surface area is 107 Å². The molecule has 0 bridgehead atoms. The first-order valence-corrected chi connectivity index (χ1v) is 6.55. The van der Waals surface area contributed by atoms with Crippen LogP contribution in [0.25, 0.3) is 0 Å². The Kier molecular flexibility index (Phi) is 6.76. The minimum Gasteiger partial charge on any atom is -0.468 e. The first-order valence-electron chi connectivity index (χ1n) is 6.55. The lowest BCUT2D eigenvalue weighted by Gasteiger charge is -2.39. The van der Waals surface area contributed by atoms with Crippen LogP contribution in [0.4, 0.5) is 0 Å². The van der Waals surface area contributed by atoms with Gasteiger partial charge in [0.05, 0.1) is 7.11 Å². The van der Waals surface area contributed by atoms with Crippen molar-refractivity contribution in [1.29, 1.82) is 0 Å². The van der Waals surface area contributed by atoms with E-state index in [1.165, 1.54) is 7.11 Å². The van der Waals surface area contributed by atoms with Crippen LogP contribution < -0.4 is 0 Å². The largest absolute Gasteiger partial charge is 0.468 e. The number of hydrogen-bond acceptors (Lipinski definition) is 3. The lowest BCUT2D eigenvalue weighted by atomic mass is 9.86. The molecule has 2 unspecified atom stereocenters. The third kappa shape index (κ3) is 5.07. The molecule has 17 heavy (non-hydrogen) atoms. The number of hydrogen-bond donors (Lipinski definition) is 0. The standard InChI is InChI=1S/C14H29NO2/c1-8-9-10-12(13(16)17-7)15(6)11(2)14(3,4)5/h11-12H,8-10H2,1-7H3. The summed E-state index contributed by atoms with van der Waals surface area (Å²) < 4.78 is 4.91. The minimum atomic E-state index is -0.117. The van der Waals surface area contributed by atoms with Crippen molar-refractivity contribution in [3.63, 3.8) is 0 Å². The van der Waals surface area contributed by atoms with Crippen LogP contribution in [0.15, 0.2) is 0 Å². The number of unbranched alkanes of at least 4 members (excludes halogenated alkanes) is 1. The maximum absolute atomic E-state index is 11.8. The molecule has 0 N–H and O–H groups in total. The number of rotatable bonds is 6. The van der Waals surface area contributed by atoms with E-state index < -0.39 is 0 Å². The average molecular weight is 243 g/mol. The van der Waals surface area contributed by atoms with Gasteiger partial charge in [0.1, 0.15) is 6.04 Å². The monoisotopic (exact) mass is 243 g/mol. The zero-order valence-corrected chi connectivity index (χ0v) is 12.5. The fraction of sp³-hybridized carbons (Fsp3) is 0.929. The number of esters is 1. The number of methoxy groups -OCH3 is 1. The number of nitrogens with zero attached hydrogens (tertiary/aromatic N) is 1. The van der Waals surface area contributed by atoms with Crippen molar-refractivity contribution in [1.82, 2.24) is 4.90 Å². The molecular formula is C14H29NO2. The molecule has 0 fully saturated rings. The Balaban J connectivity index is 4.73. The van der Waals surface area contributed by atoms with Crippen LogP contribution in [0.3, 0.4) is 0 Å². The molecular weight excluding hydrogens is 214 g/mol. The number of carbonyl (C=O) groups is 1. The van der Waals surface area contributed by atoms with Crippen LogP contribution in [-0.2, 0) is 9.53 Å². The van der Waals surface area contributed by atoms with E-state index in [1.807, 2.05) is 7.05 Å². The second-order valence-corrected chi connectivity index (χ2v) is 5.89. The molecule has 0 saturated carbocycles. The van der Waals surface area contributed by atoms with E-state index >= 15 is 0 Å². The molecule has 0 rings (SSSR count). The summed E-state index contributed by atoms with van der Waals surface area (Å²) in [7, 11) is 3.49. The van der Waals surface area contributed by atoms with E-state index in [4.69, 9.17) is 4.74 Å². The zero-order chi connectivity index (χ0) is 13.6. The van der Waals surface area contributed by atoms with Crippen LogP contribution in [0.2, 0.25) is 0 Å². The summed E-state index contributed by atoms with van der Waals surface area (Å²) in [5.41, 5.74) is 0.160. The quantitative estimate of drug-likeness (QED) is 0.671. The number of likely N-dealkylation sites (N-methyl/N-ethyl adjacent to an activating group) is 1. The fourth-order valence-corrected chi connectivity index (χ4v) is 1.90. The minimum absolute atomic E-state index is 0.114. The number of ether oxygens (including phenoxy) is 1. The molecule has 3 nitrogen and oxygen atoms in total. The lowest BCUT2D eigenvalue weighted by Crippen LogP contribution is -2.49. The summed E-state index contributed by atoms with van der Waals surface area (Å²) in [5.74, 6) is -0.114. The molecule has 102 valence electrons. The molecule has 0 heterocycles. The molecule has 0 amide bonds. The maximum Gasteiger partial charge on any atom is 0.323 e. The van der Waals surface area contributed by atoms with Crippen LogP contribution in [0.1, 0.15) is 53.9 Å². The third-order valence-corrected chi connectivity index (χ3v) is 3.66. The van der Waals surface area contributed by atoms with Crippen molar-refractivity contribution in [2.75, 3.05) is 14.2 Å². The molecule has 0 aromatic rings. The normalized spacial score (nSPS) is 15.8.